The molecule has 0 aliphatic rings. The van der Waals surface area contributed by atoms with E-state index in [-0.39, 0.29) is 19.8 Å². The Balaban J connectivity index is 3.33. The molecule has 96 valence electrons. The summed E-state index contributed by atoms with van der Waals surface area (Å²) in [6.45, 7) is 7.34. The number of rotatable bonds is 8. The third kappa shape index (κ3) is 10.3. The van der Waals surface area contributed by atoms with Gasteiger partial charge < -0.3 is 15.4 Å². The summed E-state index contributed by atoms with van der Waals surface area (Å²) in [6, 6.07) is 0. The topological polar surface area (TPSA) is 85.9 Å². The van der Waals surface area contributed by atoms with E-state index in [0.29, 0.717) is 6.54 Å². The fraction of sp³-hybridized carbons (Fsp3) is 0.400. The Kier molecular flexibility index (Phi) is 9.25. The van der Waals surface area contributed by atoms with Gasteiger partial charge in [0.15, 0.2) is 0 Å². The Labute approximate surface area is 99.3 Å². The third-order valence-corrected chi connectivity index (χ3v) is 1.32. The van der Waals surface area contributed by atoms with Crippen LogP contribution in [0.5, 0.6) is 0 Å². The predicted octanol–water partition coefficient (Wildman–Crippen LogP) is 0.742. The molecule has 0 heterocycles. The summed E-state index contributed by atoms with van der Waals surface area (Å²) in [5, 5.41) is 4.72. The van der Waals surface area contributed by atoms with Crippen LogP contribution in [0.3, 0.4) is 0 Å². The summed E-state index contributed by atoms with van der Waals surface area (Å²) in [4.78, 5) is 30.4. The van der Waals surface area contributed by atoms with Crippen LogP contribution in [0.1, 0.15) is 0 Å². The molecular weight excluding hydrogens is 228 g/mol. The zero-order chi connectivity index (χ0) is 12.9. The SMILES string of the molecule is C=CCNC(=O)OCCOOC(=O)NCC=C. The second-order valence-electron chi connectivity index (χ2n) is 2.67. The van der Waals surface area contributed by atoms with Crippen molar-refractivity contribution in [2.45, 2.75) is 0 Å². The summed E-state index contributed by atoms with van der Waals surface area (Å²) in [5.74, 6) is 0. The number of ether oxygens (including phenoxy) is 1. The molecule has 0 spiro atoms. The van der Waals surface area contributed by atoms with Gasteiger partial charge in [-0.2, -0.15) is 4.89 Å². The summed E-state index contributed by atoms with van der Waals surface area (Å²) in [6.07, 6.45) is 1.68. The Morgan fingerprint density at radius 1 is 1.00 bits per heavy atom. The molecule has 0 unspecified atom stereocenters. The van der Waals surface area contributed by atoms with E-state index >= 15 is 0 Å². The molecule has 7 nitrogen and oxygen atoms in total. The molecule has 17 heavy (non-hydrogen) atoms. The van der Waals surface area contributed by atoms with Crippen LogP contribution in [0.25, 0.3) is 0 Å². The third-order valence-electron chi connectivity index (χ3n) is 1.32. The van der Waals surface area contributed by atoms with Crippen molar-refractivity contribution in [1.29, 1.82) is 0 Å². The normalized spacial score (nSPS) is 8.94. The van der Waals surface area contributed by atoms with Gasteiger partial charge in [-0.05, 0) is 0 Å². The van der Waals surface area contributed by atoms with Crippen LogP contribution in [-0.2, 0) is 14.5 Å². The highest BCUT2D eigenvalue weighted by Gasteiger charge is 2.02. The number of hydrogen-bond donors (Lipinski definition) is 2. The first kappa shape index (κ1) is 15.0. The highest BCUT2D eigenvalue weighted by molar-refractivity contribution is 5.67. The lowest BCUT2D eigenvalue weighted by Crippen LogP contribution is -2.27. The van der Waals surface area contributed by atoms with Gasteiger partial charge in [0, 0.05) is 13.1 Å². The molecule has 0 radical (unpaired) electrons. The fourth-order valence-electron chi connectivity index (χ4n) is 0.655. The molecule has 0 saturated heterocycles. The van der Waals surface area contributed by atoms with Crippen molar-refractivity contribution in [3.8, 4) is 0 Å². The molecule has 0 aliphatic heterocycles. The minimum Gasteiger partial charge on any atom is -0.447 e. The average Bonchev–Trinajstić information content (AvgIpc) is 2.33. The van der Waals surface area contributed by atoms with Gasteiger partial charge in [-0.25, -0.2) is 9.59 Å². The minimum atomic E-state index is -0.735. The monoisotopic (exact) mass is 244 g/mol. The lowest BCUT2D eigenvalue weighted by Gasteiger charge is -2.05. The van der Waals surface area contributed by atoms with Crippen LogP contribution in [0.15, 0.2) is 25.3 Å². The lowest BCUT2D eigenvalue weighted by molar-refractivity contribution is -0.242. The maximum atomic E-state index is 10.9. The van der Waals surface area contributed by atoms with Crippen molar-refractivity contribution in [3.05, 3.63) is 25.3 Å². The number of alkyl carbamates (subject to hydrolysis) is 1. The Morgan fingerprint density at radius 3 is 2.18 bits per heavy atom. The van der Waals surface area contributed by atoms with Crippen LogP contribution in [0.2, 0.25) is 0 Å². The van der Waals surface area contributed by atoms with Gasteiger partial charge in [0.2, 0.25) is 0 Å². The standard InChI is InChI=1S/C10H16N2O5/c1-3-5-11-9(13)15-7-8-16-17-10(14)12-6-4-2/h3-4H,1-2,5-8H2,(H,11,13)(H,12,14). The molecule has 0 aliphatic carbocycles. The second-order valence-corrected chi connectivity index (χ2v) is 2.67. The largest absolute Gasteiger partial charge is 0.447 e. The molecule has 0 rings (SSSR count). The van der Waals surface area contributed by atoms with Crippen molar-refractivity contribution in [2.75, 3.05) is 26.3 Å². The number of nitrogens with one attached hydrogen (secondary N) is 2. The van der Waals surface area contributed by atoms with E-state index in [1.165, 1.54) is 12.2 Å². The second kappa shape index (κ2) is 10.5. The molecule has 0 saturated carbocycles. The zero-order valence-corrected chi connectivity index (χ0v) is 9.44. The average molecular weight is 244 g/mol. The Morgan fingerprint density at radius 2 is 1.59 bits per heavy atom. The molecule has 2 amide bonds. The molecule has 0 bridgehead atoms. The highest BCUT2D eigenvalue weighted by Crippen LogP contribution is 1.83. The number of amides is 2. The zero-order valence-electron chi connectivity index (χ0n) is 9.44. The molecular formula is C10H16N2O5. The van der Waals surface area contributed by atoms with E-state index < -0.39 is 12.2 Å². The molecule has 7 heteroatoms. The Bertz CT molecular complexity index is 241. The van der Waals surface area contributed by atoms with E-state index in [2.05, 4.69) is 38.3 Å². The Hall–Kier alpha value is -2.02. The van der Waals surface area contributed by atoms with E-state index in [4.69, 9.17) is 0 Å². The number of carbonyl (C=O) groups excluding carboxylic acids is 2. The van der Waals surface area contributed by atoms with Crippen molar-refractivity contribution in [3.63, 3.8) is 0 Å². The number of hydrogen-bond acceptors (Lipinski definition) is 5. The number of carbonyl (C=O) groups is 2. The van der Waals surface area contributed by atoms with Crippen molar-refractivity contribution >= 4 is 12.2 Å². The van der Waals surface area contributed by atoms with Crippen LogP contribution >= 0.6 is 0 Å². The van der Waals surface area contributed by atoms with Crippen LogP contribution in [0.4, 0.5) is 9.59 Å². The summed E-state index contributed by atoms with van der Waals surface area (Å²) < 4.78 is 4.66. The summed E-state index contributed by atoms with van der Waals surface area (Å²) in [7, 11) is 0. The predicted molar refractivity (Wildman–Crippen MR) is 60.2 cm³/mol. The van der Waals surface area contributed by atoms with Crippen LogP contribution in [-0.4, -0.2) is 38.5 Å². The van der Waals surface area contributed by atoms with Gasteiger partial charge in [0.25, 0.3) is 0 Å². The van der Waals surface area contributed by atoms with Crippen molar-refractivity contribution in [1.82, 2.24) is 10.6 Å². The smallest absolute Gasteiger partial charge is 0.438 e. The molecule has 0 fully saturated rings. The summed E-state index contributed by atoms with van der Waals surface area (Å²) in [5.41, 5.74) is 0. The molecule has 0 aromatic rings. The maximum absolute atomic E-state index is 10.9. The maximum Gasteiger partial charge on any atom is 0.438 e. The van der Waals surface area contributed by atoms with E-state index in [0.717, 1.165) is 0 Å². The van der Waals surface area contributed by atoms with Gasteiger partial charge in [-0.3, -0.25) is 4.89 Å². The van der Waals surface area contributed by atoms with Gasteiger partial charge >= 0.3 is 12.2 Å². The van der Waals surface area contributed by atoms with Gasteiger partial charge in [-0.15, -0.1) is 13.2 Å². The van der Waals surface area contributed by atoms with Crippen molar-refractivity contribution in [2.24, 2.45) is 0 Å². The quantitative estimate of drug-likeness (QED) is 0.285. The lowest BCUT2D eigenvalue weighted by atomic mass is 10.6. The van der Waals surface area contributed by atoms with Gasteiger partial charge in [-0.1, -0.05) is 12.2 Å². The van der Waals surface area contributed by atoms with E-state index in [1.807, 2.05) is 0 Å². The van der Waals surface area contributed by atoms with Gasteiger partial charge in [0.1, 0.15) is 13.2 Å². The fourth-order valence-corrected chi connectivity index (χ4v) is 0.655. The van der Waals surface area contributed by atoms with Crippen LogP contribution in [0, 0.1) is 0 Å². The minimum absolute atomic E-state index is 0.0300. The first-order valence-electron chi connectivity index (χ1n) is 4.90. The van der Waals surface area contributed by atoms with Crippen molar-refractivity contribution < 1.29 is 24.1 Å². The first-order valence-corrected chi connectivity index (χ1v) is 4.90. The summed E-state index contributed by atoms with van der Waals surface area (Å²) >= 11 is 0. The molecule has 2 N–H and O–H groups in total. The van der Waals surface area contributed by atoms with Gasteiger partial charge in [0.05, 0.1) is 0 Å². The van der Waals surface area contributed by atoms with Crippen LogP contribution < -0.4 is 10.6 Å². The molecule has 0 aromatic heterocycles. The van der Waals surface area contributed by atoms with E-state index in [9.17, 15) is 9.59 Å². The van der Waals surface area contributed by atoms with E-state index in [1.54, 1.807) is 0 Å². The molecule has 0 aromatic carbocycles. The first-order chi connectivity index (χ1) is 8.20. The molecule has 0 atom stereocenters. The highest BCUT2D eigenvalue weighted by atomic mass is 17.2.